The molecule has 0 aliphatic heterocycles. The monoisotopic (exact) mass is 221 g/mol. The van der Waals surface area contributed by atoms with Gasteiger partial charge in [-0.1, -0.05) is 0 Å². The van der Waals surface area contributed by atoms with Gasteiger partial charge in [-0.05, 0) is 39.0 Å². The van der Waals surface area contributed by atoms with E-state index in [4.69, 9.17) is 5.11 Å². The van der Waals surface area contributed by atoms with Crippen molar-refractivity contribution in [3.8, 4) is 0 Å². The van der Waals surface area contributed by atoms with Crippen LogP contribution in [0.4, 0.5) is 0 Å². The molecule has 0 aromatic carbocycles. The van der Waals surface area contributed by atoms with Gasteiger partial charge in [0.25, 0.3) is 0 Å². The molecular weight excluding hydrogens is 202 g/mol. The van der Waals surface area contributed by atoms with E-state index >= 15 is 0 Å². The smallest absolute Gasteiger partial charge is 0.212 e. The summed E-state index contributed by atoms with van der Waals surface area (Å²) in [6.07, 6.45) is 2.06. The quantitative estimate of drug-likeness (QED) is 0.685. The number of aliphatic hydroxyl groups is 1. The van der Waals surface area contributed by atoms with E-state index in [1.807, 2.05) is 0 Å². The number of sulfonamides is 1. The molecule has 0 aromatic heterocycles. The first-order valence-electron chi connectivity index (χ1n) is 5.07. The zero-order valence-electron chi connectivity index (χ0n) is 8.73. The van der Waals surface area contributed by atoms with Crippen LogP contribution < -0.4 is 4.72 Å². The van der Waals surface area contributed by atoms with Crippen LogP contribution in [0.5, 0.6) is 0 Å². The first-order chi connectivity index (χ1) is 6.39. The third kappa shape index (κ3) is 4.93. The molecule has 2 N–H and O–H groups in total. The van der Waals surface area contributed by atoms with E-state index in [2.05, 4.69) is 4.72 Å². The highest BCUT2D eigenvalue weighted by molar-refractivity contribution is 7.89. The van der Waals surface area contributed by atoms with Crippen LogP contribution >= 0.6 is 0 Å². The largest absolute Gasteiger partial charge is 0.393 e. The van der Waals surface area contributed by atoms with Gasteiger partial charge >= 0.3 is 0 Å². The molecule has 84 valence electrons. The van der Waals surface area contributed by atoms with Crippen molar-refractivity contribution in [2.24, 2.45) is 5.92 Å². The van der Waals surface area contributed by atoms with E-state index in [0.29, 0.717) is 12.3 Å². The molecular formula is C9H19NO3S. The molecule has 0 radical (unpaired) electrons. The van der Waals surface area contributed by atoms with E-state index in [1.54, 1.807) is 13.8 Å². The van der Waals surface area contributed by atoms with E-state index < -0.39 is 16.1 Å². The van der Waals surface area contributed by atoms with Crippen LogP contribution in [0.3, 0.4) is 0 Å². The summed E-state index contributed by atoms with van der Waals surface area (Å²) in [5.74, 6) is 0.614. The minimum Gasteiger partial charge on any atom is -0.393 e. The van der Waals surface area contributed by atoms with Gasteiger partial charge in [0.1, 0.15) is 0 Å². The molecule has 1 saturated carbocycles. The average Bonchev–Trinajstić information content (AvgIpc) is 2.65. The van der Waals surface area contributed by atoms with Gasteiger partial charge < -0.3 is 5.11 Å². The van der Waals surface area contributed by atoms with Crippen LogP contribution in [0.2, 0.25) is 0 Å². The standard InChI is InChI=1S/C9H19NO3S/c1-7(5-8(2)11)10-14(12,13)6-9-3-4-9/h7-11H,3-6H2,1-2H3. The molecule has 2 unspecified atom stereocenters. The molecule has 0 aromatic rings. The Kier molecular flexibility index (Phi) is 3.92. The lowest BCUT2D eigenvalue weighted by atomic mass is 10.2. The minimum atomic E-state index is -3.12. The Morgan fingerprint density at radius 3 is 2.43 bits per heavy atom. The Morgan fingerprint density at radius 1 is 1.43 bits per heavy atom. The highest BCUT2D eigenvalue weighted by Gasteiger charge is 2.28. The van der Waals surface area contributed by atoms with Crippen molar-refractivity contribution in [1.29, 1.82) is 0 Å². The minimum absolute atomic E-state index is 0.182. The van der Waals surface area contributed by atoms with Crippen LogP contribution in [0, 0.1) is 5.92 Å². The molecule has 0 amide bonds. The fourth-order valence-electron chi connectivity index (χ4n) is 1.51. The van der Waals surface area contributed by atoms with Crippen LogP contribution in [-0.4, -0.2) is 31.4 Å². The van der Waals surface area contributed by atoms with Crippen LogP contribution in [0.25, 0.3) is 0 Å². The molecule has 1 fully saturated rings. The van der Waals surface area contributed by atoms with Gasteiger partial charge in [-0.25, -0.2) is 13.1 Å². The van der Waals surface area contributed by atoms with Crippen molar-refractivity contribution in [3.63, 3.8) is 0 Å². The molecule has 1 aliphatic carbocycles. The predicted octanol–water partition coefficient (Wildman–Crippen LogP) is 0.475. The summed E-state index contributed by atoms with van der Waals surface area (Å²) < 4.78 is 25.5. The van der Waals surface area contributed by atoms with E-state index in [9.17, 15) is 8.42 Å². The normalized spacial score (nSPS) is 21.9. The summed E-state index contributed by atoms with van der Waals surface area (Å²) >= 11 is 0. The number of rotatable bonds is 6. The van der Waals surface area contributed by atoms with Gasteiger partial charge in [-0.3, -0.25) is 0 Å². The van der Waals surface area contributed by atoms with Crippen LogP contribution in [0.15, 0.2) is 0 Å². The van der Waals surface area contributed by atoms with Crippen molar-refractivity contribution in [2.75, 3.05) is 5.75 Å². The molecule has 5 heteroatoms. The Bertz CT molecular complexity index is 270. The second kappa shape index (κ2) is 4.59. The SMILES string of the molecule is CC(O)CC(C)NS(=O)(=O)CC1CC1. The maximum absolute atomic E-state index is 11.5. The lowest BCUT2D eigenvalue weighted by Gasteiger charge is -2.15. The molecule has 1 rings (SSSR count). The van der Waals surface area contributed by atoms with Crippen molar-refractivity contribution >= 4 is 10.0 Å². The van der Waals surface area contributed by atoms with Gasteiger partial charge in [0, 0.05) is 6.04 Å². The van der Waals surface area contributed by atoms with E-state index in [-0.39, 0.29) is 11.8 Å². The number of aliphatic hydroxyl groups excluding tert-OH is 1. The fourth-order valence-corrected chi connectivity index (χ4v) is 3.27. The van der Waals surface area contributed by atoms with Gasteiger partial charge in [0.2, 0.25) is 10.0 Å². The fraction of sp³-hybridized carbons (Fsp3) is 1.00. The number of hydrogen-bond donors (Lipinski definition) is 2. The van der Waals surface area contributed by atoms with Gasteiger partial charge in [-0.2, -0.15) is 0 Å². The van der Waals surface area contributed by atoms with Gasteiger partial charge in [0.15, 0.2) is 0 Å². The second-order valence-electron chi connectivity index (χ2n) is 4.33. The van der Waals surface area contributed by atoms with Crippen molar-refractivity contribution in [2.45, 2.75) is 45.3 Å². The van der Waals surface area contributed by atoms with Gasteiger partial charge in [0.05, 0.1) is 11.9 Å². The molecule has 1 aliphatic rings. The van der Waals surface area contributed by atoms with E-state index in [1.165, 1.54) is 0 Å². The first kappa shape index (κ1) is 11.9. The highest BCUT2D eigenvalue weighted by Crippen LogP contribution is 2.30. The molecule has 4 nitrogen and oxygen atoms in total. The Labute approximate surface area is 85.8 Å². The Hall–Kier alpha value is -0.130. The number of nitrogens with one attached hydrogen (secondary N) is 1. The molecule has 0 heterocycles. The maximum atomic E-state index is 11.5. The van der Waals surface area contributed by atoms with Crippen molar-refractivity contribution in [1.82, 2.24) is 4.72 Å². The average molecular weight is 221 g/mol. The first-order valence-corrected chi connectivity index (χ1v) is 6.72. The Balaban J connectivity index is 2.33. The lowest BCUT2D eigenvalue weighted by Crippen LogP contribution is -2.36. The highest BCUT2D eigenvalue weighted by atomic mass is 32.2. The van der Waals surface area contributed by atoms with Crippen LogP contribution in [0.1, 0.15) is 33.1 Å². The molecule has 14 heavy (non-hydrogen) atoms. The van der Waals surface area contributed by atoms with Crippen molar-refractivity contribution in [3.05, 3.63) is 0 Å². The molecule has 0 spiro atoms. The summed E-state index contributed by atoms with van der Waals surface area (Å²) in [7, 11) is -3.12. The third-order valence-corrected chi connectivity index (χ3v) is 3.90. The molecule has 2 atom stereocenters. The zero-order valence-corrected chi connectivity index (χ0v) is 9.55. The molecule has 0 saturated heterocycles. The van der Waals surface area contributed by atoms with Crippen LogP contribution in [-0.2, 0) is 10.0 Å². The zero-order chi connectivity index (χ0) is 10.8. The number of hydrogen-bond acceptors (Lipinski definition) is 3. The lowest BCUT2D eigenvalue weighted by molar-refractivity contribution is 0.175. The summed E-state index contributed by atoms with van der Waals surface area (Å²) in [5.41, 5.74) is 0. The summed E-state index contributed by atoms with van der Waals surface area (Å²) in [5, 5.41) is 9.08. The van der Waals surface area contributed by atoms with Gasteiger partial charge in [-0.15, -0.1) is 0 Å². The molecule has 0 bridgehead atoms. The van der Waals surface area contributed by atoms with E-state index in [0.717, 1.165) is 12.8 Å². The topological polar surface area (TPSA) is 66.4 Å². The summed E-state index contributed by atoms with van der Waals surface area (Å²) in [4.78, 5) is 0. The Morgan fingerprint density at radius 2 is 2.00 bits per heavy atom. The second-order valence-corrected chi connectivity index (χ2v) is 6.13. The predicted molar refractivity (Wildman–Crippen MR) is 55.4 cm³/mol. The van der Waals surface area contributed by atoms with Crippen molar-refractivity contribution < 1.29 is 13.5 Å². The third-order valence-electron chi connectivity index (χ3n) is 2.23. The summed E-state index contributed by atoms with van der Waals surface area (Å²) in [6, 6.07) is -0.182. The summed E-state index contributed by atoms with van der Waals surface area (Å²) in [6.45, 7) is 3.43. The maximum Gasteiger partial charge on any atom is 0.212 e.